The molecule has 0 spiro atoms. The van der Waals surface area contributed by atoms with Gasteiger partial charge < -0.3 is 9.88 Å². The lowest BCUT2D eigenvalue weighted by Crippen LogP contribution is -2.38. The topological polar surface area (TPSA) is 91.0 Å². The van der Waals surface area contributed by atoms with Crippen LogP contribution in [0.1, 0.15) is 42.4 Å². The van der Waals surface area contributed by atoms with Gasteiger partial charge in [0.15, 0.2) is 0 Å². The first kappa shape index (κ1) is 22.7. The van der Waals surface area contributed by atoms with E-state index in [9.17, 15) is 8.42 Å². The Morgan fingerprint density at radius 1 is 1.12 bits per heavy atom. The van der Waals surface area contributed by atoms with E-state index in [2.05, 4.69) is 63.7 Å². The molecule has 0 saturated heterocycles. The lowest BCUT2D eigenvalue weighted by molar-refractivity contribution is 0.340. The fourth-order valence-corrected chi connectivity index (χ4v) is 6.33. The molecule has 32 heavy (non-hydrogen) atoms. The molecule has 172 valence electrons. The number of aromatic nitrogens is 3. The van der Waals surface area contributed by atoms with E-state index >= 15 is 0 Å². The van der Waals surface area contributed by atoms with Crippen molar-refractivity contribution in [1.29, 1.82) is 0 Å². The number of anilines is 1. The van der Waals surface area contributed by atoms with Crippen LogP contribution in [0.25, 0.3) is 11.0 Å². The average Bonchev–Trinajstić information content (AvgIpc) is 3.24. The zero-order valence-electron chi connectivity index (χ0n) is 19.1. The van der Waals surface area contributed by atoms with Crippen LogP contribution in [-0.2, 0) is 16.4 Å². The van der Waals surface area contributed by atoms with E-state index < -0.39 is 10.0 Å². The Morgan fingerprint density at radius 3 is 2.66 bits per heavy atom. The van der Waals surface area contributed by atoms with Crippen molar-refractivity contribution in [2.75, 3.05) is 24.2 Å². The summed E-state index contributed by atoms with van der Waals surface area (Å²) in [7, 11) is -1.20. The Balaban J connectivity index is 1.27. The second kappa shape index (κ2) is 9.58. The Kier molecular flexibility index (Phi) is 6.81. The standard InChI is InChI=1S/C24H33N5O2S/c1-17-4-7-20(18(2)14-17)10-13-28-32(30,31)15-19-5-8-21(9-6-19)29(3)24-22-11-12-25-23(22)26-16-27-24/h4,7,11-12,14,16,19,21,28H,5-6,8-10,13,15H2,1-3H3,(H,25,26,27)/t19-,21-. The van der Waals surface area contributed by atoms with Crippen molar-refractivity contribution < 1.29 is 8.42 Å². The number of nitrogens with one attached hydrogen (secondary N) is 2. The summed E-state index contributed by atoms with van der Waals surface area (Å²) in [6.07, 6.45) is 7.95. The van der Waals surface area contributed by atoms with Crippen LogP contribution in [0.3, 0.4) is 0 Å². The third kappa shape index (κ3) is 5.30. The molecule has 0 radical (unpaired) electrons. The summed E-state index contributed by atoms with van der Waals surface area (Å²) in [4.78, 5) is 14.1. The van der Waals surface area contributed by atoms with Gasteiger partial charge in [-0.05, 0) is 69.1 Å². The van der Waals surface area contributed by atoms with Gasteiger partial charge in [-0.1, -0.05) is 23.8 Å². The summed E-state index contributed by atoms with van der Waals surface area (Å²) >= 11 is 0. The fourth-order valence-electron chi connectivity index (χ4n) is 4.85. The number of hydrogen-bond donors (Lipinski definition) is 2. The van der Waals surface area contributed by atoms with Crippen LogP contribution in [0.5, 0.6) is 0 Å². The number of aryl methyl sites for hydroxylation is 2. The molecule has 3 aromatic rings. The van der Waals surface area contributed by atoms with Crippen LogP contribution in [-0.4, -0.2) is 48.8 Å². The Hall–Kier alpha value is -2.45. The number of benzene rings is 1. The quantitative estimate of drug-likeness (QED) is 0.540. The maximum Gasteiger partial charge on any atom is 0.211 e. The lowest BCUT2D eigenvalue weighted by Gasteiger charge is -2.35. The highest BCUT2D eigenvalue weighted by Gasteiger charge is 2.28. The highest BCUT2D eigenvalue weighted by atomic mass is 32.2. The van der Waals surface area contributed by atoms with E-state index in [0.29, 0.717) is 12.6 Å². The van der Waals surface area contributed by atoms with Crippen LogP contribution in [0, 0.1) is 19.8 Å². The molecular weight excluding hydrogens is 422 g/mol. The van der Waals surface area contributed by atoms with Crippen molar-refractivity contribution >= 4 is 26.9 Å². The molecule has 1 aliphatic carbocycles. The van der Waals surface area contributed by atoms with E-state index in [0.717, 1.165) is 49.0 Å². The minimum atomic E-state index is -3.27. The minimum absolute atomic E-state index is 0.205. The third-order valence-corrected chi connectivity index (χ3v) is 8.25. The largest absolute Gasteiger partial charge is 0.356 e. The maximum atomic E-state index is 12.6. The molecule has 0 amide bonds. The third-order valence-electron chi connectivity index (χ3n) is 6.70. The van der Waals surface area contributed by atoms with Gasteiger partial charge in [-0.2, -0.15) is 0 Å². The summed E-state index contributed by atoms with van der Waals surface area (Å²) < 4.78 is 28.1. The van der Waals surface area contributed by atoms with Gasteiger partial charge in [-0.15, -0.1) is 0 Å². The Labute approximate surface area is 190 Å². The first-order valence-electron chi connectivity index (χ1n) is 11.4. The highest BCUT2D eigenvalue weighted by Crippen LogP contribution is 2.32. The summed E-state index contributed by atoms with van der Waals surface area (Å²) in [5.41, 5.74) is 4.48. The van der Waals surface area contributed by atoms with Gasteiger partial charge in [-0.3, -0.25) is 0 Å². The second-order valence-electron chi connectivity index (χ2n) is 9.08. The fraction of sp³-hybridized carbons (Fsp3) is 0.500. The monoisotopic (exact) mass is 455 g/mol. The van der Waals surface area contributed by atoms with E-state index in [4.69, 9.17) is 0 Å². The van der Waals surface area contributed by atoms with Crippen LogP contribution < -0.4 is 9.62 Å². The maximum absolute atomic E-state index is 12.6. The molecule has 2 aromatic heterocycles. The van der Waals surface area contributed by atoms with Gasteiger partial charge in [0.1, 0.15) is 17.8 Å². The Morgan fingerprint density at radius 2 is 1.91 bits per heavy atom. The van der Waals surface area contributed by atoms with Gasteiger partial charge in [0.25, 0.3) is 0 Å². The molecule has 0 atom stereocenters. The molecule has 1 saturated carbocycles. The molecule has 0 bridgehead atoms. The number of nitrogens with zero attached hydrogens (tertiary/aromatic N) is 3. The summed E-state index contributed by atoms with van der Waals surface area (Å²) in [6, 6.07) is 8.68. The van der Waals surface area contributed by atoms with Gasteiger partial charge in [0.05, 0.1) is 11.1 Å². The van der Waals surface area contributed by atoms with Crippen LogP contribution in [0.15, 0.2) is 36.8 Å². The van der Waals surface area contributed by atoms with Crippen molar-refractivity contribution in [1.82, 2.24) is 19.7 Å². The van der Waals surface area contributed by atoms with E-state index in [-0.39, 0.29) is 11.7 Å². The van der Waals surface area contributed by atoms with Crippen molar-refractivity contribution in [2.24, 2.45) is 5.92 Å². The van der Waals surface area contributed by atoms with Crippen molar-refractivity contribution in [3.63, 3.8) is 0 Å². The predicted molar refractivity (Wildman–Crippen MR) is 129 cm³/mol. The molecule has 7 nitrogen and oxygen atoms in total. The Bertz CT molecular complexity index is 1170. The molecule has 1 aromatic carbocycles. The van der Waals surface area contributed by atoms with Gasteiger partial charge in [0, 0.05) is 25.8 Å². The highest BCUT2D eigenvalue weighted by molar-refractivity contribution is 7.89. The average molecular weight is 456 g/mol. The smallest absolute Gasteiger partial charge is 0.211 e. The molecule has 0 aliphatic heterocycles. The molecule has 0 unspecified atom stereocenters. The van der Waals surface area contributed by atoms with Crippen molar-refractivity contribution in [2.45, 2.75) is 52.0 Å². The van der Waals surface area contributed by atoms with E-state index in [1.807, 2.05) is 12.3 Å². The molecule has 2 N–H and O–H groups in total. The van der Waals surface area contributed by atoms with Crippen molar-refractivity contribution in [3.05, 3.63) is 53.5 Å². The van der Waals surface area contributed by atoms with Crippen LogP contribution >= 0.6 is 0 Å². The van der Waals surface area contributed by atoms with Gasteiger partial charge >= 0.3 is 0 Å². The molecular formula is C24H33N5O2S. The number of sulfonamides is 1. The van der Waals surface area contributed by atoms with Gasteiger partial charge in [-0.25, -0.2) is 23.1 Å². The molecule has 2 heterocycles. The zero-order valence-corrected chi connectivity index (χ0v) is 20.0. The SMILES string of the molecule is Cc1ccc(CCNS(=O)(=O)C[C@H]2CC[C@H](N(C)c3ncnc4[nH]ccc34)CC2)c(C)c1. The minimum Gasteiger partial charge on any atom is -0.356 e. The van der Waals surface area contributed by atoms with E-state index in [1.54, 1.807) is 6.33 Å². The number of rotatable bonds is 8. The molecule has 4 rings (SSSR count). The van der Waals surface area contributed by atoms with Crippen LogP contribution in [0.2, 0.25) is 0 Å². The number of aromatic amines is 1. The van der Waals surface area contributed by atoms with E-state index in [1.165, 1.54) is 16.7 Å². The zero-order chi connectivity index (χ0) is 22.7. The van der Waals surface area contributed by atoms with Crippen LogP contribution in [0.4, 0.5) is 5.82 Å². The first-order valence-corrected chi connectivity index (χ1v) is 13.0. The molecule has 8 heteroatoms. The molecule has 1 aliphatic rings. The lowest BCUT2D eigenvalue weighted by atomic mass is 9.86. The summed E-state index contributed by atoms with van der Waals surface area (Å²) in [6.45, 7) is 4.60. The first-order chi connectivity index (χ1) is 15.3. The number of hydrogen-bond acceptors (Lipinski definition) is 5. The van der Waals surface area contributed by atoms with Crippen molar-refractivity contribution in [3.8, 4) is 0 Å². The normalized spacial score (nSPS) is 19.3. The second-order valence-corrected chi connectivity index (χ2v) is 10.9. The molecule has 1 fully saturated rings. The van der Waals surface area contributed by atoms with Gasteiger partial charge in [0.2, 0.25) is 10.0 Å². The summed E-state index contributed by atoms with van der Waals surface area (Å²) in [5, 5.41) is 1.02. The summed E-state index contributed by atoms with van der Waals surface area (Å²) in [5.74, 6) is 1.35. The number of H-pyrrole nitrogens is 1. The number of fused-ring (bicyclic) bond motifs is 1. The predicted octanol–water partition coefficient (Wildman–Crippen LogP) is 3.73.